The fraction of sp³-hybridized carbons (Fsp3) is 0.263. The molecule has 0 unspecified atom stereocenters. The molecule has 0 aliphatic heterocycles. The molecule has 0 spiro atoms. The Bertz CT molecular complexity index is 801. The van der Waals surface area contributed by atoms with Gasteiger partial charge in [-0.3, -0.25) is 9.59 Å². The number of carbonyl (C=O) groups excluding carboxylic acids is 2. The van der Waals surface area contributed by atoms with Crippen LogP contribution < -0.4 is 15.0 Å². The summed E-state index contributed by atoms with van der Waals surface area (Å²) in [4.78, 5) is 26.0. The van der Waals surface area contributed by atoms with Crippen molar-refractivity contribution in [3.05, 3.63) is 59.4 Å². The number of amides is 2. The van der Waals surface area contributed by atoms with Crippen molar-refractivity contribution in [1.82, 2.24) is 5.32 Å². The van der Waals surface area contributed by atoms with Crippen molar-refractivity contribution in [3.63, 3.8) is 0 Å². The molecule has 0 radical (unpaired) electrons. The molecule has 1 saturated carbocycles. The van der Waals surface area contributed by atoms with E-state index in [9.17, 15) is 14.0 Å². The SMILES string of the molecule is COc1cc(F)ccc1N(C)C(=O)c1ccc(C(=O)NC2CC2)cc1. The van der Waals surface area contributed by atoms with Crippen LogP contribution in [0.4, 0.5) is 10.1 Å². The summed E-state index contributed by atoms with van der Waals surface area (Å²) in [6.07, 6.45) is 2.04. The fourth-order valence-corrected chi connectivity index (χ4v) is 2.49. The summed E-state index contributed by atoms with van der Waals surface area (Å²) in [5.74, 6) is -0.571. The zero-order valence-electron chi connectivity index (χ0n) is 14.1. The van der Waals surface area contributed by atoms with Crippen molar-refractivity contribution < 1.29 is 18.7 Å². The molecular weight excluding hydrogens is 323 g/mol. The number of anilines is 1. The quantitative estimate of drug-likeness (QED) is 0.909. The summed E-state index contributed by atoms with van der Waals surface area (Å²) in [6.45, 7) is 0. The molecule has 1 aliphatic carbocycles. The van der Waals surface area contributed by atoms with Crippen molar-refractivity contribution in [3.8, 4) is 5.75 Å². The van der Waals surface area contributed by atoms with Crippen LogP contribution in [0.15, 0.2) is 42.5 Å². The number of nitrogens with one attached hydrogen (secondary N) is 1. The first-order valence-electron chi connectivity index (χ1n) is 8.02. The molecule has 25 heavy (non-hydrogen) atoms. The van der Waals surface area contributed by atoms with Gasteiger partial charge in [-0.25, -0.2) is 4.39 Å². The zero-order chi connectivity index (χ0) is 18.0. The zero-order valence-corrected chi connectivity index (χ0v) is 14.1. The minimum atomic E-state index is -0.438. The fourth-order valence-electron chi connectivity index (χ4n) is 2.49. The first-order chi connectivity index (χ1) is 12.0. The molecule has 0 bridgehead atoms. The molecule has 2 aromatic rings. The predicted octanol–water partition coefficient (Wildman–Crippen LogP) is 3.00. The van der Waals surface area contributed by atoms with Crippen LogP contribution in [0, 0.1) is 5.82 Å². The average molecular weight is 342 g/mol. The Morgan fingerprint density at radius 1 is 1.12 bits per heavy atom. The highest BCUT2D eigenvalue weighted by molar-refractivity contribution is 6.07. The van der Waals surface area contributed by atoms with Crippen molar-refractivity contribution in [2.75, 3.05) is 19.1 Å². The molecule has 0 saturated heterocycles. The van der Waals surface area contributed by atoms with Gasteiger partial charge in [0.25, 0.3) is 11.8 Å². The third-order valence-corrected chi connectivity index (χ3v) is 4.11. The Balaban J connectivity index is 1.76. The lowest BCUT2D eigenvalue weighted by molar-refractivity contribution is 0.0948. The van der Waals surface area contributed by atoms with E-state index in [4.69, 9.17) is 4.74 Å². The van der Waals surface area contributed by atoms with E-state index in [2.05, 4.69) is 5.32 Å². The molecule has 1 aliphatic rings. The van der Waals surface area contributed by atoms with Gasteiger partial charge in [-0.2, -0.15) is 0 Å². The number of carbonyl (C=O) groups is 2. The highest BCUT2D eigenvalue weighted by atomic mass is 19.1. The number of benzene rings is 2. The van der Waals surface area contributed by atoms with Crippen LogP contribution >= 0.6 is 0 Å². The Morgan fingerprint density at radius 2 is 1.76 bits per heavy atom. The van der Waals surface area contributed by atoms with Crippen LogP contribution in [-0.4, -0.2) is 32.0 Å². The van der Waals surface area contributed by atoms with Crippen molar-refractivity contribution >= 4 is 17.5 Å². The molecule has 3 rings (SSSR count). The van der Waals surface area contributed by atoms with Crippen molar-refractivity contribution in [2.45, 2.75) is 18.9 Å². The average Bonchev–Trinajstić information content (AvgIpc) is 3.44. The summed E-state index contributed by atoms with van der Waals surface area (Å²) >= 11 is 0. The maximum Gasteiger partial charge on any atom is 0.258 e. The second kappa shape index (κ2) is 6.93. The molecule has 5 nitrogen and oxygen atoms in total. The van der Waals surface area contributed by atoms with Crippen LogP contribution in [-0.2, 0) is 0 Å². The third kappa shape index (κ3) is 3.79. The summed E-state index contributed by atoms with van der Waals surface area (Å²) < 4.78 is 18.5. The van der Waals surface area contributed by atoms with E-state index in [1.165, 1.54) is 30.2 Å². The van der Waals surface area contributed by atoms with Gasteiger partial charge in [-0.1, -0.05) is 0 Å². The van der Waals surface area contributed by atoms with Crippen LogP contribution in [0.1, 0.15) is 33.6 Å². The molecule has 6 heteroatoms. The van der Waals surface area contributed by atoms with E-state index in [-0.39, 0.29) is 23.6 Å². The molecule has 1 fully saturated rings. The number of hydrogen-bond acceptors (Lipinski definition) is 3. The smallest absolute Gasteiger partial charge is 0.258 e. The van der Waals surface area contributed by atoms with Gasteiger partial charge >= 0.3 is 0 Å². The highest BCUT2D eigenvalue weighted by Gasteiger charge is 2.24. The molecule has 0 aromatic heterocycles. The summed E-state index contributed by atoms with van der Waals surface area (Å²) in [5, 5.41) is 2.90. The molecule has 0 atom stereocenters. The minimum Gasteiger partial charge on any atom is -0.494 e. The first-order valence-corrected chi connectivity index (χ1v) is 8.02. The largest absolute Gasteiger partial charge is 0.494 e. The maximum atomic E-state index is 13.3. The van der Waals surface area contributed by atoms with Gasteiger partial charge in [-0.15, -0.1) is 0 Å². The lowest BCUT2D eigenvalue weighted by Crippen LogP contribution is -2.27. The van der Waals surface area contributed by atoms with Gasteiger partial charge in [0.2, 0.25) is 0 Å². The van der Waals surface area contributed by atoms with Gasteiger partial charge in [0.15, 0.2) is 0 Å². The molecule has 2 amide bonds. The summed E-state index contributed by atoms with van der Waals surface area (Å²) in [5.41, 5.74) is 1.41. The Labute approximate surface area is 145 Å². The normalized spacial score (nSPS) is 13.2. The molecule has 0 heterocycles. The van der Waals surface area contributed by atoms with Gasteiger partial charge in [-0.05, 0) is 49.2 Å². The number of halogens is 1. The number of ether oxygens (including phenoxy) is 1. The van der Waals surface area contributed by atoms with Crippen LogP contribution in [0.2, 0.25) is 0 Å². The molecule has 130 valence electrons. The Kier molecular flexibility index (Phi) is 4.70. The second-order valence-electron chi connectivity index (χ2n) is 6.01. The van der Waals surface area contributed by atoms with Gasteiger partial charge in [0.1, 0.15) is 11.6 Å². The summed E-state index contributed by atoms with van der Waals surface area (Å²) in [6, 6.07) is 10.7. The summed E-state index contributed by atoms with van der Waals surface area (Å²) in [7, 11) is 3.01. The lowest BCUT2D eigenvalue weighted by Gasteiger charge is -2.20. The third-order valence-electron chi connectivity index (χ3n) is 4.11. The van der Waals surface area contributed by atoms with Crippen molar-refractivity contribution in [2.24, 2.45) is 0 Å². The van der Waals surface area contributed by atoms with Gasteiger partial charge < -0.3 is 15.0 Å². The van der Waals surface area contributed by atoms with E-state index in [1.807, 2.05) is 0 Å². The second-order valence-corrected chi connectivity index (χ2v) is 6.01. The van der Waals surface area contributed by atoms with Crippen LogP contribution in [0.25, 0.3) is 0 Å². The van der Waals surface area contributed by atoms with E-state index in [0.717, 1.165) is 12.8 Å². The molecule has 2 aromatic carbocycles. The monoisotopic (exact) mass is 342 g/mol. The van der Waals surface area contributed by atoms with E-state index in [1.54, 1.807) is 31.3 Å². The minimum absolute atomic E-state index is 0.130. The highest BCUT2D eigenvalue weighted by Crippen LogP contribution is 2.29. The van der Waals surface area contributed by atoms with Crippen molar-refractivity contribution in [1.29, 1.82) is 0 Å². The Hall–Kier alpha value is -2.89. The van der Waals surface area contributed by atoms with Gasteiger partial charge in [0.05, 0.1) is 12.8 Å². The predicted molar refractivity (Wildman–Crippen MR) is 92.6 cm³/mol. The standard InChI is InChI=1S/C19H19FN2O3/c1-22(16-10-7-14(20)11-17(16)25-2)19(24)13-5-3-12(4-6-13)18(23)21-15-8-9-15/h3-7,10-11,15H,8-9H2,1-2H3,(H,21,23). The number of methoxy groups -OCH3 is 1. The number of hydrogen-bond donors (Lipinski definition) is 1. The topological polar surface area (TPSA) is 58.6 Å². The number of nitrogens with zero attached hydrogens (tertiary/aromatic N) is 1. The van der Waals surface area contributed by atoms with E-state index in [0.29, 0.717) is 16.8 Å². The molecule has 1 N–H and O–H groups in total. The van der Waals surface area contributed by atoms with E-state index < -0.39 is 5.82 Å². The molecular formula is C19H19FN2O3. The Morgan fingerprint density at radius 3 is 2.36 bits per heavy atom. The first kappa shape index (κ1) is 17.0. The van der Waals surface area contributed by atoms with E-state index >= 15 is 0 Å². The van der Waals surface area contributed by atoms with Crippen LogP contribution in [0.5, 0.6) is 5.75 Å². The lowest BCUT2D eigenvalue weighted by atomic mass is 10.1. The number of rotatable bonds is 5. The van der Waals surface area contributed by atoms with Gasteiger partial charge in [0, 0.05) is 30.3 Å². The maximum absolute atomic E-state index is 13.3. The van der Waals surface area contributed by atoms with Crippen LogP contribution in [0.3, 0.4) is 0 Å².